The smallest absolute Gasteiger partial charge is 0.326 e. The summed E-state index contributed by atoms with van der Waals surface area (Å²) in [6.07, 6.45) is -1.17. The van der Waals surface area contributed by atoms with Crippen molar-refractivity contribution in [2.75, 3.05) is 6.54 Å². The average molecular weight is 306 g/mol. The number of benzene rings is 1. The molecule has 0 bridgehead atoms. The van der Waals surface area contributed by atoms with Crippen molar-refractivity contribution in [3.05, 3.63) is 34.4 Å². The Morgan fingerprint density at radius 2 is 1.95 bits per heavy atom. The van der Waals surface area contributed by atoms with Crippen molar-refractivity contribution in [3.8, 4) is 0 Å². The Morgan fingerprint density at radius 1 is 1.30 bits per heavy atom. The molecule has 1 heterocycles. The predicted octanol–water partition coefficient (Wildman–Crippen LogP) is 1.28. The summed E-state index contributed by atoms with van der Waals surface area (Å²) in [5, 5.41) is 17.9. The van der Waals surface area contributed by atoms with E-state index in [-0.39, 0.29) is 13.0 Å². The van der Waals surface area contributed by atoms with Crippen molar-refractivity contribution in [1.82, 2.24) is 4.90 Å². The number of aliphatic hydroxyl groups is 1. The second kappa shape index (κ2) is 5.34. The standard InChI is InChI=1S/C12H10ClF2NO4/c13-7-3-8(14)6(2-9(7)15)11(18)16-4-5(17)1-10(16)12(19)20/h2-3,5,10,17H,1,4H2,(H,19,20)/t5-,10-/m1/s1. The van der Waals surface area contributed by atoms with E-state index in [2.05, 4.69) is 0 Å². The molecular weight excluding hydrogens is 296 g/mol. The maximum Gasteiger partial charge on any atom is 0.326 e. The first-order valence-corrected chi connectivity index (χ1v) is 6.05. The van der Waals surface area contributed by atoms with Crippen LogP contribution in [-0.4, -0.2) is 45.7 Å². The highest BCUT2D eigenvalue weighted by Gasteiger charge is 2.40. The molecule has 20 heavy (non-hydrogen) atoms. The van der Waals surface area contributed by atoms with Crippen molar-refractivity contribution in [2.45, 2.75) is 18.6 Å². The van der Waals surface area contributed by atoms with E-state index in [0.29, 0.717) is 12.1 Å². The Balaban J connectivity index is 2.36. The fraction of sp³-hybridized carbons (Fsp3) is 0.333. The molecule has 1 aromatic carbocycles. The number of aliphatic hydroxyl groups excluding tert-OH is 1. The van der Waals surface area contributed by atoms with Crippen LogP contribution in [0.2, 0.25) is 5.02 Å². The summed E-state index contributed by atoms with van der Waals surface area (Å²) in [6, 6.07) is -0.00800. The van der Waals surface area contributed by atoms with Crippen LogP contribution in [0.5, 0.6) is 0 Å². The van der Waals surface area contributed by atoms with Crippen LogP contribution in [0.1, 0.15) is 16.8 Å². The summed E-state index contributed by atoms with van der Waals surface area (Å²) < 4.78 is 27.0. The second-order valence-corrected chi connectivity index (χ2v) is 4.85. The fourth-order valence-corrected chi connectivity index (χ4v) is 2.26. The molecule has 8 heteroatoms. The number of carboxylic acid groups (broad SMARTS) is 1. The van der Waals surface area contributed by atoms with Gasteiger partial charge >= 0.3 is 5.97 Å². The molecule has 5 nitrogen and oxygen atoms in total. The zero-order valence-electron chi connectivity index (χ0n) is 10.0. The summed E-state index contributed by atoms with van der Waals surface area (Å²) in [7, 11) is 0. The van der Waals surface area contributed by atoms with Gasteiger partial charge in [-0.15, -0.1) is 0 Å². The minimum Gasteiger partial charge on any atom is -0.480 e. The summed E-state index contributed by atoms with van der Waals surface area (Å²) in [5.41, 5.74) is -0.618. The normalized spacial score (nSPS) is 22.1. The van der Waals surface area contributed by atoms with Gasteiger partial charge in [0, 0.05) is 13.0 Å². The summed E-state index contributed by atoms with van der Waals surface area (Å²) in [5.74, 6) is -4.35. The topological polar surface area (TPSA) is 77.8 Å². The quantitative estimate of drug-likeness (QED) is 0.807. The Labute approximate surface area is 117 Å². The van der Waals surface area contributed by atoms with Gasteiger partial charge in [-0.25, -0.2) is 13.6 Å². The molecule has 0 spiro atoms. The molecule has 0 aliphatic carbocycles. The van der Waals surface area contributed by atoms with Gasteiger partial charge in [0.2, 0.25) is 0 Å². The number of β-amino-alcohol motifs (C(OH)–C–C–N with tert-alkyl or cyclic N) is 1. The number of nitrogens with zero attached hydrogens (tertiary/aromatic N) is 1. The van der Waals surface area contributed by atoms with Crippen LogP contribution in [0.4, 0.5) is 8.78 Å². The molecule has 0 saturated carbocycles. The molecule has 1 aromatic rings. The van der Waals surface area contributed by atoms with Crippen molar-refractivity contribution >= 4 is 23.5 Å². The number of carboxylic acids is 1. The van der Waals surface area contributed by atoms with E-state index in [1.807, 2.05) is 0 Å². The Bertz CT molecular complexity index is 581. The van der Waals surface area contributed by atoms with Gasteiger partial charge in [-0.3, -0.25) is 4.79 Å². The van der Waals surface area contributed by atoms with Crippen LogP contribution >= 0.6 is 11.6 Å². The van der Waals surface area contributed by atoms with Crippen molar-refractivity contribution in [3.63, 3.8) is 0 Å². The number of hydrogen-bond donors (Lipinski definition) is 2. The molecule has 1 saturated heterocycles. The van der Waals surface area contributed by atoms with Gasteiger partial charge in [0.05, 0.1) is 16.7 Å². The van der Waals surface area contributed by atoms with E-state index < -0.39 is 46.2 Å². The van der Waals surface area contributed by atoms with Crippen molar-refractivity contribution in [2.24, 2.45) is 0 Å². The maximum atomic E-state index is 13.7. The second-order valence-electron chi connectivity index (χ2n) is 4.45. The van der Waals surface area contributed by atoms with Crippen LogP contribution < -0.4 is 0 Å². The molecule has 1 fully saturated rings. The van der Waals surface area contributed by atoms with Crippen LogP contribution in [0.15, 0.2) is 12.1 Å². The molecule has 0 aromatic heterocycles. The fourth-order valence-electron chi connectivity index (χ4n) is 2.11. The van der Waals surface area contributed by atoms with Gasteiger partial charge in [-0.1, -0.05) is 11.6 Å². The predicted molar refractivity (Wildman–Crippen MR) is 64.5 cm³/mol. The lowest BCUT2D eigenvalue weighted by Gasteiger charge is -2.21. The van der Waals surface area contributed by atoms with Gasteiger partial charge in [0.15, 0.2) is 0 Å². The minimum absolute atomic E-state index is 0.154. The molecule has 1 aliphatic heterocycles. The van der Waals surface area contributed by atoms with E-state index in [1.54, 1.807) is 0 Å². The first kappa shape index (κ1) is 14.7. The van der Waals surface area contributed by atoms with Gasteiger partial charge in [0.25, 0.3) is 5.91 Å². The Morgan fingerprint density at radius 3 is 2.55 bits per heavy atom. The SMILES string of the molecule is O=C(O)[C@H]1C[C@@H](O)CN1C(=O)c1cc(F)c(Cl)cc1F. The number of carbonyl (C=O) groups is 2. The monoisotopic (exact) mass is 305 g/mol. The third-order valence-corrected chi connectivity index (χ3v) is 3.35. The molecule has 1 aliphatic rings. The van der Waals surface area contributed by atoms with E-state index in [4.69, 9.17) is 16.7 Å². The zero-order chi connectivity index (χ0) is 15.0. The number of carbonyl (C=O) groups excluding carboxylic acids is 1. The molecule has 1 amide bonds. The zero-order valence-corrected chi connectivity index (χ0v) is 10.8. The van der Waals surface area contributed by atoms with E-state index in [1.165, 1.54) is 0 Å². The van der Waals surface area contributed by atoms with Gasteiger partial charge in [-0.2, -0.15) is 0 Å². The number of likely N-dealkylation sites (tertiary alicyclic amines) is 1. The third-order valence-electron chi connectivity index (χ3n) is 3.07. The van der Waals surface area contributed by atoms with Crippen LogP contribution in [0.3, 0.4) is 0 Å². The van der Waals surface area contributed by atoms with E-state index in [9.17, 15) is 23.5 Å². The maximum absolute atomic E-state index is 13.7. The Kier molecular flexibility index (Phi) is 3.92. The Hall–Kier alpha value is -1.73. The highest BCUT2D eigenvalue weighted by atomic mass is 35.5. The minimum atomic E-state index is -1.32. The number of aliphatic carboxylic acids is 1. The largest absolute Gasteiger partial charge is 0.480 e. The van der Waals surface area contributed by atoms with E-state index in [0.717, 1.165) is 4.90 Å². The molecule has 108 valence electrons. The lowest BCUT2D eigenvalue weighted by atomic mass is 10.1. The van der Waals surface area contributed by atoms with Crippen LogP contribution in [-0.2, 0) is 4.79 Å². The number of amides is 1. The van der Waals surface area contributed by atoms with Gasteiger partial charge < -0.3 is 15.1 Å². The highest BCUT2D eigenvalue weighted by Crippen LogP contribution is 2.25. The molecule has 0 unspecified atom stereocenters. The first-order chi connectivity index (χ1) is 9.31. The molecule has 2 N–H and O–H groups in total. The third kappa shape index (κ3) is 2.59. The molecular formula is C12H10ClF2NO4. The molecule has 0 radical (unpaired) electrons. The number of hydrogen-bond acceptors (Lipinski definition) is 3. The molecule has 2 atom stereocenters. The molecule has 2 rings (SSSR count). The summed E-state index contributed by atoms with van der Waals surface area (Å²) in [4.78, 5) is 23.9. The first-order valence-electron chi connectivity index (χ1n) is 5.67. The van der Waals surface area contributed by atoms with Crippen LogP contribution in [0, 0.1) is 11.6 Å². The number of rotatable bonds is 2. The lowest BCUT2D eigenvalue weighted by molar-refractivity contribution is -0.141. The van der Waals surface area contributed by atoms with Crippen molar-refractivity contribution < 1.29 is 28.6 Å². The van der Waals surface area contributed by atoms with Gasteiger partial charge in [-0.05, 0) is 12.1 Å². The average Bonchev–Trinajstić information content (AvgIpc) is 2.75. The van der Waals surface area contributed by atoms with Gasteiger partial charge in [0.1, 0.15) is 17.7 Å². The number of halogens is 3. The van der Waals surface area contributed by atoms with Crippen molar-refractivity contribution in [1.29, 1.82) is 0 Å². The summed E-state index contributed by atoms with van der Waals surface area (Å²) in [6.45, 7) is -0.251. The van der Waals surface area contributed by atoms with Crippen LogP contribution in [0.25, 0.3) is 0 Å². The highest BCUT2D eigenvalue weighted by molar-refractivity contribution is 6.30. The van der Waals surface area contributed by atoms with E-state index >= 15 is 0 Å². The lowest BCUT2D eigenvalue weighted by Crippen LogP contribution is -2.41. The summed E-state index contributed by atoms with van der Waals surface area (Å²) >= 11 is 5.38.